The summed E-state index contributed by atoms with van der Waals surface area (Å²) in [7, 11) is 1.64. The quantitative estimate of drug-likeness (QED) is 0.457. The summed E-state index contributed by atoms with van der Waals surface area (Å²) in [5.41, 5.74) is 0. The van der Waals surface area contributed by atoms with Crippen LogP contribution in [0.5, 0.6) is 5.75 Å². The first-order valence-electron chi connectivity index (χ1n) is 3.92. The van der Waals surface area contributed by atoms with Crippen LogP contribution in [-0.4, -0.2) is 19.2 Å². The van der Waals surface area contributed by atoms with Gasteiger partial charge in [-0.25, -0.2) is 0 Å². The molecule has 1 rings (SSSR count). The van der Waals surface area contributed by atoms with Crippen molar-refractivity contribution in [3.8, 4) is 5.75 Å². The molecule has 0 unspecified atom stereocenters. The smallest absolute Gasteiger partial charge is 0.119 e. The first-order chi connectivity index (χ1) is 6.43. The molecular formula is C9H11IO2S. The molecule has 0 heterocycles. The van der Waals surface area contributed by atoms with Crippen molar-refractivity contribution in [3.63, 3.8) is 0 Å². The molecule has 72 valence electrons. The summed E-state index contributed by atoms with van der Waals surface area (Å²) in [5.74, 6) is 1.62. The summed E-state index contributed by atoms with van der Waals surface area (Å²) in [6.07, 6.45) is 0. The number of ether oxygens (including phenoxy) is 2. The fraction of sp³-hybridized carbons (Fsp3) is 0.333. The first-order valence-corrected chi connectivity index (χ1v) is 7.45. The summed E-state index contributed by atoms with van der Waals surface area (Å²) in [4.78, 5) is 0. The fourth-order valence-corrected chi connectivity index (χ4v) is 1.55. The van der Waals surface area contributed by atoms with Crippen LogP contribution in [0.2, 0.25) is 0 Å². The van der Waals surface area contributed by atoms with E-state index in [1.165, 1.54) is 0 Å². The SMILES string of the molecule is ISCOCCOc1ccccc1. The number of para-hydroxylation sites is 1. The number of rotatable bonds is 6. The van der Waals surface area contributed by atoms with Gasteiger partial charge in [0.25, 0.3) is 0 Å². The van der Waals surface area contributed by atoms with Crippen LogP contribution in [0.3, 0.4) is 0 Å². The molecule has 0 aliphatic heterocycles. The van der Waals surface area contributed by atoms with E-state index in [4.69, 9.17) is 9.47 Å². The second-order valence-corrected chi connectivity index (χ2v) is 4.62. The van der Waals surface area contributed by atoms with Crippen LogP contribution >= 0.6 is 30.1 Å². The summed E-state index contributed by atoms with van der Waals surface area (Å²) in [6.45, 7) is 1.26. The molecule has 0 radical (unpaired) electrons. The predicted molar refractivity (Wildman–Crippen MR) is 64.4 cm³/mol. The molecule has 1 aromatic carbocycles. The topological polar surface area (TPSA) is 18.5 Å². The lowest BCUT2D eigenvalue weighted by atomic mass is 10.3. The highest BCUT2D eigenvalue weighted by Gasteiger charge is 1.90. The highest BCUT2D eigenvalue weighted by atomic mass is 127. The van der Waals surface area contributed by atoms with E-state index < -0.39 is 0 Å². The van der Waals surface area contributed by atoms with E-state index in [9.17, 15) is 0 Å². The second-order valence-electron chi connectivity index (χ2n) is 2.30. The highest BCUT2D eigenvalue weighted by Crippen LogP contribution is 2.10. The van der Waals surface area contributed by atoms with Gasteiger partial charge in [-0.2, -0.15) is 0 Å². The van der Waals surface area contributed by atoms with E-state index in [1.54, 1.807) is 8.93 Å². The van der Waals surface area contributed by atoms with Gasteiger partial charge in [-0.1, -0.05) is 27.1 Å². The lowest BCUT2D eigenvalue weighted by molar-refractivity contribution is 0.136. The van der Waals surface area contributed by atoms with Crippen LogP contribution in [0.25, 0.3) is 0 Å². The average Bonchev–Trinajstić information content (AvgIpc) is 2.19. The van der Waals surface area contributed by atoms with Gasteiger partial charge in [0.05, 0.1) is 6.61 Å². The van der Waals surface area contributed by atoms with Crippen LogP contribution < -0.4 is 4.74 Å². The van der Waals surface area contributed by atoms with Gasteiger partial charge < -0.3 is 9.47 Å². The fourth-order valence-electron chi connectivity index (χ4n) is 0.826. The van der Waals surface area contributed by atoms with Crippen molar-refractivity contribution in [1.29, 1.82) is 0 Å². The van der Waals surface area contributed by atoms with Crippen LogP contribution in [0.1, 0.15) is 0 Å². The number of halogens is 1. The van der Waals surface area contributed by atoms with Crippen molar-refractivity contribution in [1.82, 2.24) is 0 Å². The zero-order valence-corrected chi connectivity index (χ0v) is 10.1. The zero-order chi connectivity index (χ0) is 9.36. The lowest BCUT2D eigenvalue weighted by Gasteiger charge is -2.05. The Morgan fingerprint density at radius 2 is 1.92 bits per heavy atom. The molecule has 0 fully saturated rings. The van der Waals surface area contributed by atoms with Crippen molar-refractivity contribution >= 4 is 30.1 Å². The van der Waals surface area contributed by atoms with Gasteiger partial charge in [0.1, 0.15) is 18.3 Å². The number of hydrogen-bond donors (Lipinski definition) is 0. The number of hydrogen-bond acceptors (Lipinski definition) is 3. The van der Waals surface area contributed by atoms with Crippen LogP contribution in [0, 0.1) is 0 Å². The monoisotopic (exact) mass is 310 g/mol. The third-order valence-corrected chi connectivity index (χ3v) is 2.39. The minimum atomic E-state index is 0.612. The molecule has 0 atom stereocenters. The largest absolute Gasteiger partial charge is 0.491 e. The predicted octanol–water partition coefficient (Wildman–Crippen LogP) is 3.12. The lowest BCUT2D eigenvalue weighted by Crippen LogP contribution is -2.05. The van der Waals surface area contributed by atoms with Crippen molar-refractivity contribution in [2.45, 2.75) is 0 Å². The van der Waals surface area contributed by atoms with Crippen LogP contribution in [0.15, 0.2) is 30.3 Å². The van der Waals surface area contributed by atoms with Crippen LogP contribution in [-0.2, 0) is 4.74 Å². The Hall–Kier alpha value is 0.0600. The van der Waals surface area contributed by atoms with Gasteiger partial charge >= 0.3 is 0 Å². The Kier molecular flexibility index (Phi) is 6.39. The maximum atomic E-state index is 5.42. The van der Waals surface area contributed by atoms with Gasteiger partial charge in [-0.15, -0.1) is 0 Å². The van der Waals surface area contributed by atoms with Crippen molar-refractivity contribution < 1.29 is 9.47 Å². The van der Waals surface area contributed by atoms with Crippen molar-refractivity contribution in [2.24, 2.45) is 0 Å². The average molecular weight is 310 g/mol. The van der Waals surface area contributed by atoms with Gasteiger partial charge in [0.15, 0.2) is 0 Å². The van der Waals surface area contributed by atoms with Gasteiger partial charge in [-0.05, 0) is 33.3 Å². The maximum Gasteiger partial charge on any atom is 0.119 e. The Morgan fingerprint density at radius 3 is 2.62 bits per heavy atom. The first kappa shape index (κ1) is 11.1. The van der Waals surface area contributed by atoms with E-state index >= 15 is 0 Å². The van der Waals surface area contributed by atoms with E-state index in [2.05, 4.69) is 21.2 Å². The van der Waals surface area contributed by atoms with E-state index in [0.717, 1.165) is 11.7 Å². The molecule has 0 aliphatic carbocycles. The van der Waals surface area contributed by atoms with Gasteiger partial charge in [0.2, 0.25) is 0 Å². The highest BCUT2D eigenvalue weighted by molar-refractivity contribution is 14.2. The van der Waals surface area contributed by atoms with E-state index in [-0.39, 0.29) is 0 Å². The molecule has 0 N–H and O–H groups in total. The zero-order valence-electron chi connectivity index (χ0n) is 7.11. The minimum Gasteiger partial charge on any atom is -0.491 e. The Labute approximate surface area is 94.6 Å². The summed E-state index contributed by atoms with van der Waals surface area (Å²) in [6, 6.07) is 9.75. The van der Waals surface area contributed by atoms with E-state index in [0.29, 0.717) is 13.2 Å². The summed E-state index contributed by atoms with van der Waals surface area (Å²) in [5, 5.41) is 0. The Morgan fingerprint density at radius 1 is 1.15 bits per heavy atom. The van der Waals surface area contributed by atoms with Gasteiger partial charge in [-0.3, -0.25) is 0 Å². The normalized spacial score (nSPS) is 9.92. The second kappa shape index (κ2) is 7.46. The standard InChI is InChI=1S/C9H11IO2S/c10-13-8-11-6-7-12-9-4-2-1-3-5-9/h1-5H,6-8H2. The third-order valence-electron chi connectivity index (χ3n) is 1.37. The molecule has 2 nitrogen and oxygen atoms in total. The molecule has 0 bridgehead atoms. The third kappa shape index (κ3) is 5.38. The maximum absolute atomic E-state index is 5.42. The number of benzene rings is 1. The van der Waals surface area contributed by atoms with Gasteiger partial charge in [0, 0.05) is 0 Å². The molecule has 4 heteroatoms. The van der Waals surface area contributed by atoms with Crippen LogP contribution in [0.4, 0.5) is 0 Å². The molecule has 13 heavy (non-hydrogen) atoms. The summed E-state index contributed by atoms with van der Waals surface area (Å²) < 4.78 is 10.7. The molecule has 1 aromatic rings. The molecular weight excluding hydrogens is 299 g/mol. The Balaban J connectivity index is 2.07. The molecule has 0 aromatic heterocycles. The van der Waals surface area contributed by atoms with E-state index in [1.807, 2.05) is 30.3 Å². The minimum absolute atomic E-state index is 0.612. The molecule has 0 amide bonds. The van der Waals surface area contributed by atoms with Crippen molar-refractivity contribution in [3.05, 3.63) is 30.3 Å². The molecule has 0 spiro atoms. The molecule has 0 saturated carbocycles. The summed E-state index contributed by atoms with van der Waals surface area (Å²) >= 11 is 2.20. The Bertz CT molecular complexity index is 218. The van der Waals surface area contributed by atoms with Crippen molar-refractivity contribution in [2.75, 3.05) is 19.2 Å². The molecule has 0 aliphatic rings. The molecule has 0 saturated heterocycles.